The molecular weight excluding hydrogens is 425 g/mol. The highest BCUT2D eigenvalue weighted by Crippen LogP contribution is 2.37. The summed E-state index contributed by atoms with van der Waals surface area (Å²) >= 11 is 0. The molecule has 3 heterocycles. The number of H-pyrrole nitrogens is 1. The van der Waals surface area contributed by atoms with Gasteiger partial charge in [-0.05, 0) is 55.3 Å². The number of aromatic nitrogens is 2. The molecule has 7 nitrogen and oxygen atoms in total. The number of benzene rings is 1. The molecule has 178 valence electrons. The normalized spacial score (nSPS) is 16.3. The lowest BCUT2D eigenvalue weighted by Crippen LogP contribution is -2.36. The minimum Gasteiger partial charge on any atom is -0.496 e. The van der Waals surface area contributed by atoms with Crippen LogP contribution in [0.2, 0.25) is 0 Å². The molecule has 3 aromatic rings. The van der Waals surface area contributed by atoms with Crippen molar-refractivity contribution in [3.8, 4) is 16.9 Å². The number of likely N-dealkylation sites (tertiary alicyclic amines) is 1. The number of aldehydes is 1. The number of pyridine rings is 1. The van der Waals surface area contributed by atoms with Gasteiger partial charge in [0.25, 0.3) is 0 Å². The SMILES string of the molecule is COCC=O.COCCN1CCCC(c2cc3c(-c4cc(F)ccc4OC)ccnc3[nH]2)C1. The summed E-state index contributed by atoms with van der Waals surface area (Å²) in [6, 6.07) is 8.70. The van der Waals surface area contributed by atoms with E-state index in [0.29, 0.717) is 18.0 Å². The molecule has 1 aliphatic rings. The summed E-state index contributed by atoms with van der Waals surface area (Å²) in [4.78, 5) is 19.7. The van der Waals surface area contributed by atoms with Gasteiger partial charge in [0.2, 0.25) is 0 Å². The van der Waals surface area contributed by atoms with Gasteiger partial charge in [0.15, 0.2) is 0 Å². The molecular formula is C25H32FN3O4. The number of carbonyl (C=O) groups is 1. The third-order valence-electron chi connectivity index (χ3n) is 5.80. The van der Waals surface area contributed by atoms with Crippen molar-refractivity contribution in [2.24, 2.45) is 0 Å². The molecule has 1 unspecified atom stereocenters. The molecule has 0 saturated carbocycles. The van der Waals surface area contributed by atoms with Crippen LogP contribution in [0.1, 0.15) is 24.5 Å². The van der Waals surface area contributed by atoms with Gasteiger partial charge >= 0.3 is 0 Å². The fraction of sp³-hybridized carbons (Fsp3) is 0.440. The van der Waals surface area contributed by atoms with Crippen molar-refractivity contribution >= 4 is 17.3 Å². The van der Waals surface area contributed by atoms with Crippen LogP contribution in [-0.4, -0.2) is 75.3 Å². The Balaban J connectivity index is 0.000000555. The molecule has 0 amide bonds. The highest BCUT2D eigenvalue weighted by molar-refractivity contribution is 5.95. The zero-order chi connectivity index (χ0) is 23.6. The third-order valence-corrected chi connectivity index (χ3v) is 5.80. The average molecular weight is 458 g/mol. The molecule has 1 N–H and O–H groups in total. The molecule has 4 rings (SSSR count). The molecule has 1 atom stereocenters. The van der Waals surface area contributed by atoms with Gasteiger partial charge in [0.05, 0.1) is 13.7 Å². The lowest BCUT2D eigenvalue weighted by molar-refractivity contribution is -0.110. The Morgan fingerprint density at radius 2 is 2.03 bits per heavy atom. The van der Waals surface area contributed by atoms with Gasteiger partial charge in [-0.25, -0.2) is 9.37 Å². The molecule has 1 saturated heterocycles. The molecule has 1 aromatic carbocycles. The summed E-state index contributed by atoms with van der Waals surface area (Å²) in [5, 5.41) is 0.996. The zero-order valence-corrected chi connectivity index (χ0v) is 19.5. The highest BCUT2D eigenvalue weighted by atomic mass is 19.1. The van der Waals surface area contributed by atoms with Gasteiger partial charge in [-0.1, -0.05) is 0 Å². The largest absolute Gasteiger partial charge is 0.496 e. The third kappa shape index (κ3) is 6.37. The van der Waals surface area contributed by atoms with E-state index in [2.05, 4.69) is 25.7 Å². The number of nitrogens with zero attached hydrogens (tertiary/aromatic N) is 2. The van der Waals surface area contributed by atoms with E-state index in [1.807, 2.05) is 6.07 Å². The molecule has 2 aromatic heterocycles. The van der Waals surface area contributed by atoms with Crippen molar-refractivity contribution in [2.45, 2.75) is 18.8 Å². The Morgan fingerprint density at radius 3 is 2.73 bits per heavy atom. The van der Waals surface area contributed by atoms with Crippen molar-refractivity contribution in [2.75, 3.05) is 54.2 Å². The van der Waals surface area contributed by atoms with Crippen LogP contribution in [0.3, 0.4) is 0 Å². The predicted octanol–water partition coefficient (Wildman–Crippen LogP) is 4.04. The predicted molar refractivity (Wildman–Crippen MR) is 126 cm³/mol. The second-order valence-electron chi connectivity index (χ2n) is 7.94. The topological polar surface area (TPSA) is 76.7 Å². The quantitative estimate of drug-likeness (QED) is 0.515. The van der Waals surface area contributed by atoms with Crippen LogP contribution >= 0.6 is 0 Å². The number of nitrogens with one attached hydrogen (secondary N) is 1. The Kier molecular flexibility index (Phi) is 9.35. The number of halogens is 1. The Labute approximate surface area is 193 Å². The molecule has 0 spiro atoms. The van der Waals surface area contributed by atoms with Crippen LogP contribution < -0.4 is 4.74 Å². The number of ether oxygens (including phenoxy) is 3. The van der Waals surface area contributed by atoms with Gasteiger partial charge in [-0.15, -0.1) is 0 Å². The maximum absolute atomic E-state index is 13.9. The fourth-order valence-corrected chi connectivity index (χ4v) is 4.19. The molecule has 1 aliphatic heterocycles. The summed E-state index contributed by atoms with van der Waals surface area (Å²) in [5.74, 6) is 0.805. The monoisotopic (exact) mass is 457 g/mol. The Morgan fingerprint density at radius 1 is 1.18 bits per heavy atom. The fourth-order valence-electron chi connectivity index (χ4n) is 4.19. The first kappa shape index (κ1) is 24.8. The van der Waals surface area contributed by atoms with Crippen LogP contribution in [0.5, 0.6) is 5.75 Å². The van der Waals surface area contributed by atoms with Crippen molar-refractivity contribution in [1.29, 1.82) is 0 Å². The lowest BCUT2D eigenvalue weighted by atomic mass is 9.94. The van der Waals surface area contributed by atoms with Gasteiger partial charge in [0, 0.05) is 56.1 Å². The van der Waals surface area contributed by atoms with Crippen LogP contribution in [-0.2, 0) is 14.3 Å². The van der Waals surface area contributed by atoms with Crippen molar-refractivity contribution in [1.82, 2.24) is 14.9 Å². The van der Waals surface area contributed by atoms with E-state index >= 15 is 0 Å². The maximum Gasteiger partial charge on any atom is 0.145 e. The Hall–Kier alpha value is -2.81. The maximum atomic E-state index is 13.9. The van der Waals surface area contributed by atoms with E-state index in [1.165, 1.54) is 31.4 Å². The van der Waals surface area contributed by atoms with E-state index in [1.54, 1.807) is 26.5 Å². The van der Waals surface area contributed by atoms with Gasteiger partial charge in [-0.3, -0.25) is 0 Å². The molecule has 8 heteroatoms. The van der Waals surface area contributed by atoms with E-state index < -0.39 is 0 Å². The number of aromatic amines is 1. The van der Waals surface area contributed by atoms with E-state index in [0.717, 1.165) is 54.8 Å². The molecule has 0 radical (unpaired) electrons. The average Bonchev–Trinajstić information content (AvgIpc) is 3.28. The summed E-state index contributed by atoms with van der Waals surface area (Å²) in [7, 11) is 4.83. The van der Waals surface area contributed by atoms with E-state index in [9.17, 15) is 9.18 Å². The van der Waals surface area contributed by atoms with Crippen LogP contribution in [0.4, 0.5) is 4.39 Å². The van der Waals surface area contributed by atoms with Crippen molar-refractivity contribution in [3.05, 3.63) is 48.0 Å². The van der Waals surface area contributed by atoms with Gasteiger partial charge < -0.3 is 28.9 Å². The minimum absolute atomic E-state index is 0.208. The highest BCUT2D eigenvalue weighted by Gasteiger charge is 2.23. The van der Waals surface area contributed by atoms with Crippen molar-refractivity contribution < 1.29 is 23.4 Å². The van der Waals surface area contributed by atoms with E-state index in [4.69, 9.17) is 9.47 Å². The van der Waals surface area contributed by atoms with Gasteiger partial charge in [-0.2, -0.15) is 0 Å². The summed E-state index contributed by atoms with van der Waals surface area (Å²) in [6.07, 6.45) is 4.78. The van der Waals surface area contributed by atoms with Crippen LogP contribution in [0, 0.1) is 5.82 Å². The molecule has 33 heavy (non-hydrogen) atoms. The van der Waals surface area contributed by atoms with Crippen LogP contribution in [0.25, 0.3) is 22.2 Å². The zero-order valence-electron chi connectivity index (χ0n) is 19.5. The molecule has 0 bridgehead atoms. The van der Waals surface area contributed by atoms with Gasteiger partial charge in [0.1, 0.15) is 30.1 Å². The van der Waals surface area contributed by atoms with Crippen LogP contribution in [0.15, 0.2) is 36.5 Å². The number of fused-ring (bicyclic) bond motifs is 1. The number of piperidine rings is 1. The summed E-state index contributed by atoms with van der Waals surface area (Å²) in [5.41, 5.74) is 3.68. The number of hydrogen-bond acceptors (Lipinski definition) is 6. The standard InChI is InChI=1S/C22H26FN3O2.C3H6O2/c1-27-11-10-26-9-3-4-15(14-26)20-13-19-17(7-8-24-22(19)25-20)18-12-16(23)5-6-21(18)28-2;1-5-3-2-4/h5-8,12-13,15H,3-4,9-11,14H2,1-2H3,(H,24,25);2H,3H2,1H3. The number of methoxy groups -OCH3 is 3. The minimum atomic E-state index is -0.280. The summed E-state index contributed by atoms with van der Waals surface area (Å²) in [6.45, 7) is 4.04. The number of hydrogen-bond donors (Lipinski definition) is 1. The number of rotatable bonds is 8. The van der Waals surface area contributed by atoms with Crippen molar-refractivity contribution in [3.63, 3.8) is 0 Å². The summed E-state index contributed by atoms with van der Waals surface area (Å²) < 4.78 is 28.9. The first-order valence-corrected chi connectivity index (χ1v) is 11.1. The molecule has 0 aliphatic carbocycles. The number of carbonyl (C=O) groups excluding carboxylic acids is 1. The molecule has 1 fully saturated rings. The smallest absolute Gasteiger partial charge is 0.145 e. The van der Waals surface area contributed by atoms with E-state index in [-0.39, 0.29) is 12.4 Å². The first-order valence-electron chi connectivity index (χ1n) is 11.1. The first-order chi connectivity index (χ1) is 16.1. The second kappa shape index (κ2) is 12.4. The Bertz CT molecular complexity index is 1040. The lowest BCUT2D eigenvalue weighted by Gasteiger charge is -2.32. The second-order valence-corrected chi connectivity index (χ2v) is 7.94.